The normalized spacial score (nSPS) is 12.9. The van der Waals surface area contributed by atoms with E-state index in [4.69, 9.17) is 0 Å². The van der Waals surface area contributed by atoms with E-state index >= 15 is 0 Å². The minimum Gasteiger partial charge on any atom is -0.304 e. The van der Waals surface area contributed by atoms with E-state index in [1.54, 1.807) is 11.3 Å². The highest BCUT2D eigenvalue weighted by Gasteiger charge is 2.16. The number of rotatable bonds is 5. The number of thiazole rings is 1. The Balaban J connectivity index is 2.11. The Hall–Kier alpha value is -0.720. The molecule has 110 valence electrons. The van der Waals surface area contributed by atoms with Crippen molar-refractivity contribution >= 4 is 27.3 Å². The van der Waals surface area contributed by atoms with Gasteiger partial charge in [0, 0.05) is 24.0 Å². The molecule has 2 rings (SSSR count). The van der Waals surface area contributed by atoms with Crippen molar-refractivity contribution in [3.8, 4) is 0 Å². The molecule has 0 saturated heterocycles. The maximum atomic E-state index is 4.52. The third-order valence-corrected chi connectivity index (χ3v) is 5.65. The molecule has 0 amide bonds. The van der Waals surface area contributed by atoms with Gasteiger partial charge in [-0.15, -0.1) is 11.3 Å². The van der Waals surface area contributed by atoms with Gasteiger partial charge in [-0.25, -0.2) is 4.98 Å². The second-order valence-corrected chi connectivity index (χ2v) is 6.97. The summed E-state index contributed by atoms with van der Waals surface area (Å²) in [5, 5.41) is 9.23. The van der Waals surface area contributed by atoms with Crippen LogP contribution in [-0.2, 0) is 13.1 Å². The van der Waals surface area contributed by atoms with Crippen LogP contribution in [0, 0.1) is 20.8 Å². The third kappa shape index (κ3) is 3.13. The first-order chi connectivity index (χ1) is 9.43. The smallest absolute Gasteiger partial charge is 0.0900 e. The molecule has 0 bridgehead atoms. The Kier molecular flexibility index (Phi) is 4.99. The fourth-order valence-electron chi connectivity index (χ4n) is 2.33. The molecule has 0 fully saturated rings. The molecule has 20 heavy (non-hydrogen) atoms. The van der Waals surface area contributed by atoms with Crippen LogP contribution in [0.5, 0.6) is 0 Å². The van der Waals surface area contributed by atoms with Crippen molar-refractivity contribution in [2.45, 2.75) is 53.8 Å². The first-order valence-corrected chi connectivity index (χ1v) is 8.44. The molecule has 0 aliphatic heterocycles. The monoisotopic (exact) mass is 356 g/mol. The zero-order chi connectivity index (χ0) is 14.9. The molecule has 6 heteroatoms. The van der Waals surface area contributed by atoms with Gasteiger partial charge < -0.3 is 5.32 Å². The number of nitrogens with one attached hydrogen (secondary N) is 1. The summed E-state index contributed by atoms with van der Waals surface area (Å²) >= 11 is 5.40. The number of aryl methyl sites for hydroxylation is 4. The Morgan fingerprint density at radius 1 is 1.30 bits per heavy atom. The van der Waals surface area contributed by atoms with Gasteiger partial charge in [-0.2, -0.15) is 5.10 Å². The van der Waals surface area contributed by atoms with E-state index in [9.17, 15) is 0 Å². The topological polar surface area (TPSA) is 42.7 Å². The van der Waals surface area contributed by atoms with Gasteiger partial charge >= 0.3 is 0 Å². The van der Waals surface area contributed by atoms with Crippen LogP contribution in [0.4, 0.5) is 0 Å². The van der Waals surface area contributed by atoms with Crippen molar-refractivity contribution < 1.29 is 0 Å². The molecule has 1 N–H and O–H groups in total. The van der Waals surface area contributed by atoms with Crippen LogP contribution < -0.4 is 5.32 Å². The minimum absolute atomic E-state index is 0.300. The molecule has 4 nitrogen and oxygen atoms in total. The quantitative estimate of drug-likeness (QED) is 0.883. The molecule has 1 unspecified atom stereocenters. The van der Waals surface area contributed by atoms with Crippen LogP contribution in [0.15, 0.2) is 4.47 Å². The van der Waals surface area contributed by atoms with E-state index in [2.05, 4.69) is 59.0 Å². The molecule has 0 spiro atoms. The number of aromatic nitrogens is 3. The van der Waals surface area contributed by atoms with Gasteiger partial charge in [0.05, 0.1) is 26.6 Å². The molecule has 0 aliphatic carbocycles. The summed E-state index contributed by atoms with van der Waals surface area (Å²) in [4.78, 5) is 5.81. The lowest BCUT2D eigenvalue weighted by Crippen LogP contribution is -2.20. The summed E-state index contributed by atoms with van der Waals surface area (Å²) in [6, 6.07) is 0.300. The fraction of sp³-hybridized carbons (Fsp3) is 0.571. The highest BCUT2D eigenvalue weighted by molar-refractivity contribution is 9.10. The van der Waals surface area contributed by atoms with Crippen molar-refractivity contribution in [2.75, 3.05) is 0 Å². The van der Waals surface area contributed by atoms with Gasteiger partial charge in [0.25, 0.3) is 0 Å². The second kappa shape index (κ2) is 6.37. The lowest BCUT2D eigenvalue weighted by atomic mass is 10.2. The van der Waals surface area contributed by atoms with Crippen molar-refractivity contribution in [2.24, 2.45) is 0 Å². The summed E-state index contributed by atoms with van der Waals surface area (Å²) in [5.41, 5.74) is 3.38. The summed E-state index contributed by atoms with van der Waals surface area (Å²) in [6.07, 6.45) is 0. The molecule has 2 heterocycles. The maximum Gasteiger partial charge on any atom is 0.0900 e. The fourth-order valence-corrected chi connectivity index (χ4v) is 3.71. The lowest BCUT2D eigenvalue weighted by molar-refractivity contribution is 0.532. The van der Waals surface area contributed by atoms with E-state index in [1.807, 2.05) is 11.6 Å². The Bertz CT molecular complexity index is 603. The summed E-state index contributed by atoms with van der Waals surface area (Å²) < 4.78 is 3.15. The van der Waals surface area contributed by atoms with Crippen LogP contribution in [0.2, 0.25) is 0 Å². The standard InChI is InChI=1S/C14H21BrN4S/c1-6-19-12(13(15)8(2)18-19)7-16-9(3)14-10(4)17-11(5)20-14/h9,16H,6-7H2,1-5H3. The molecular formula is C14H21BrN4S. The first-order valence-electron chi connectivity index (χ1n) is 6.83. The van der Waals surface area contributed by atoms with Crippen LogP contribution in [0.25, 0.3) is 0 Å². The summed E-state index contributed by atoms with van der Waals surface area (Å²) in [6.45, 7) is 12.1. The molecule has 2 aromatic heterocycles. The van der Waals surface area contributed by atoms with Crippen LogP contribution in [0.3, 0.4) is 0 Å². The van der Waals surface area contributed by atoms with Gasteiger partial charge in [-0.1, -0.05) is 0 Å². The molecule has 2 aromatic rings. The van der Waals surface area contributed by atoms with Gasteiger partial charge in [-0.3, -0.25) is 4.68 Å². The van der Waals surface area contributed by atoms with Crippen molar-refractivity contribution in [3.63, 3.8) is 0 Å². The predicted molar refractivity (Wildman–Crippen MR) is 87.2 cm³/mol. The molecule has 0 radical (unpaired) electrons. The zero-order valence-electron chi connectivity index (χ0n) is 12.6. The third-order valence-electron chi connectivity index (χ3n) is 3.36. The maximum absolute atomic E-state index is 4.52. The molecular weight excluding hydrogens is 336 g/mol. The lowest BCUT2D eigenvalue weighted by Gasteiger charge is -2.14. The number of hydrogen-bond donors (Lipinski definition) is 1. The van der Waals surface area contributed by atoms with E-state index < -0.39 is 0 Å². The number of hydrogen-bond acceptors (Lipinski definition) is 4. The Labute approximate surface area is 132 Å². The number of nitrogens with zero attached hydrogens (tertiary/aromatic N) is 3. The molecule has 0 saturated carbocycles. The molecule has 1 atom stereocenters. The van der Waals surface area contributed by atoms with Crippen LogP contribution in [-0.4, -0.2) is 14.8 Å². The van der Waals surface area contributed by atoms with Crippen molar-refractivity contribution in [3.05, 3.63) is 31.4 Å². The van der Waals surface area contributed by atoms with Gasteiger partial charge in [0.15, 0.2) is 0 Å². The van der Waals surface area contributed by atoms with E-state index in [1.165, 1.54) is 10.6 Å². The van der Waals surface area contributed by atoms with Gasteiger partial charge in [0.2, 0.25) is 0 Å². The first kappa shape index (κ1) is 15.7. The van der Waals surface area contributed by atoms with Gasteiger partial charge in [0.1, 0.15) is 0 Å². The van der Waals surface area contributed by atoms with E-state index in [-0.39, 0.29) is 0 Å². The summed E-state index contributed by atoms with van der Waals surface area (Å²) in [7, 11) is 0. The second-order valence-electron chi connectivity index (χ2n) is 4.95. The van der Waals surface area contributed by atoms with Gasteiger partial charge in [-0.05, 0) is 50.5 Å². The van der Waals surface area contributed by atoms with Crippen LogP contribution in [0.1, 0.15) is 46.9 Å². The highest BCUT2D eigenvalue weighted by Crippen LogP contribution is 2.26. The average Bonchev–Trinajstić information content (AvgIpc) is 2.88. The SMILES string of the molecule is CCn1nc(C)c(Br)c1CNC(C)c1sc(C)nc1C. The molecule has 0 aliphatic rings. The average molecular weight is 357 g/mol. The van der Waals surface area contributed by atoms with Crippen molar-refractivity contribution in [1.29, 1.82) is 0 Å². The number of halogens is 1. The predicted octanol–water partition coefficient (Wildman–Crippen LogP) is 3.90. The zero-order valence-corrected chi connectivity index (χ0v) is 15.0. The van der Waals surface area contributed by atoms with Crippen LogP contribution >= 0.6 is 27.3 Å². The Morgan fingerprint density at radius 2 is 2.00 bits per heavy atom. The van der Waals surface area contributed by atoms with E-state index in [0.717, 1.165) is 34.0 Å². The molecule has 0 aromatic carbocycles. The Morgan fingerprint density at radius 3 is 2.55 bits per heavy atom. The minimum atomic E-state index is 0.300. The highest BCUT2D eigenvalue weighted by atomic mass is 79.9. The summed E-state index contributed by atoms with van der Waals surface area (Å²) in [5.74, 6) is 0. The van der Waals surface area contributed by atoms with Crippen molar-refractivity contribution in [1.82, 2.24) is 20.1 Å². The largest absolute Gasteiger partial charge is 0.304 e. The van der Waals surface area contributed by atoms with E-state index in [0.29, 0.717) is 6.04 Å².